The smallest absolute Gasteiger partial charge is 0.272 e. The van der Waals surface area contributed by atoms with E-state index in [9.17, 15) is 4.79 Å². The van der Waals surface area contributed by atoms with Crippen molar-refractivity contribution in [2.75, 3.05) is 25.7 Å². The van der Waals surface area contributed by atoms with Crippen LogP contribution in [-0.4, -0.2) is 37.9 Å². The Hall–Kier alpha value is -4.11. The average molecular weight is 485 g/mol. The molecule has 1 atom stereocenters. The number of pyridine rings is 1. The normalized spacial score (nSPS) is 14.9. The molecular formula is C28H28N4O4. The van der Waals surface area contributed by atoms with E-state index in [0.29, 0.717) is 30.2 Å². The summed E-state index contributed by atoms with van der Waals surface area (Å²) in [4.78, 5) is 27.3. The number of fused-ring (bicyclic) bond motifs is 1. The van der Waals surface area contributed by atoms with Gasteiger partial charge in [-0.25, -0.2) is 10.3 Å². The van der Waals surface area contributed by atoms with Gasteiger partial charge in [0, 0.05) is 49.7 Å². The number of aromatic nitrogens is 1. The second kappa shape index (κ2) is 12.0. The Labute approximate surface area is 210 Å². The minimum absolute atomic E-state index is 0.212. The zero-order chi connectivity index (χ0) is 25.3. The van der Waals surface area contributed by atoms with Crippen LogP contribution in [0.15, 0.2) is 48.5 Å². The van der Waals surface area contributed by atoms with Crippen LogP contribution in [0.1, 0.15) is 37.7 Å². The average Bonchev–Trinajstić information content (AvgIpc) is 2.93. The molecule has 1 fully saturated rings. The maximum absolute atomic E-state index is 12.1. The number of para-hydroxylation sites is 1. The van der Waals surface area contributed by atoms with E-state index >= 15 is 0 Å². The van der Waals surface area contributed by atoms with E-state index in [1.54, 1.807) is 13.2 Å². The van der Waals surface area contributed by atoms with Gasteiger partial charge in [-0.2, -0.15) is 0 Å². The Morgan fingerprint density at radius 1 is 1.28 bits per heavy atom. The van der Waals surface area contributed by atoms with Crippen molar-refractivity contribution >= 4 is 34.0 Å². The number of hydroxylamine groups is 1. The van der Waals surface area contributed by atoms with E-state index in [1.807, 2.05) is 54.4 Å². The molecule has 2 aromatic carbocycles. The number of methoxy groups -OCH3 is 1. The lowest BCUT2D eigenvalue weighted by Crippen LogP contribution is -2.32. The van der Waals surface area contributed by atoms with Gasteiger partial charge < -0.3 is 19.2 Å². The van der Waals surface area contributed by atoms with Gasteiger partial charge in [0.2, 0.25) is 5.91 Å². The van der Waals surface area contributed by atoms with Crippen molar-refractivity contribution in [3.8, 4) is 17.6 Å². The van der Waals surface area contributed by atoms with Crippen molar-refractivity contribution in [2.45, 2.75) is 38.4 Å². The third-order valence-electron chi connectivity index (χ3n) is 5.87. The fourth-order valence-corrected chi connectivity index (χ4v) is 3.94. The van der Waals surface area contributed by atoms with Crippen LogP contribution in [-0.2, 0) is 14.4 Å². The molecule has 0 spiro atoms. The summed E-state index contributed by atoms with van der Waals surface area (Å²) >= 11 is 0. The third kappa shape index (κ3) is 6.11. The molecule has 0 aliphatic carbocycles. The molecule has 1 amide bonds. The third-order valence-corrected chi connectivity index (χ3v) is 5.87. The van der Waals surface area contributed by atoms with Crippen molar-refractivity contribution in [2.24, 2.45) is 0 Å². The first-order chi connectivity index (χ1) is 17.6. The molecule has 4 rings (SSSR count). The van der Waals surface area contributed by atoms with Crippen LogP contribution >= 0.6 is 0 Å². The van der Waals surface area contributed by atoms with Crippen LogP contribution in [0.5, 0.6) is 5.75 Å². The summed E-state index contributed by atoms with van der Waals surface area (Å²) in [5.74, 6) is 6.92. The van der Waals surface area contributed by atoms with E-state index in [1.165, 1.54) is 0 Å². The van der Waals surface area contributed by atoms with E-state index in [0.717, 1.165) is 41.5 Å². The number of amides is 1. The van der Waals surface area contributed by atoms with Gasteiger partial charge in [-0.15, -0.1) is 4.98 Å². The predicted molar refractivity (Wildman–Crippen MR) is 138 cm³/mol. The SMILES string of the molecule is [C-]#[N+]c1cc(N(C)c2ccc(OC)c(C#CCCC(=O)NOC3CCCCO3)c2)c2ccccc2n1. The molecule has 1 aliphatic rings. The number of ether oxygens (including phenoxy) is 2. The van der Waals surface area contributed by atoms with Gasteiger partial charge in [0.1, 0.15) is 5.75 Å². The minimum Gasteiger partial charge on any atom is -0.495 e. The summed E-state index contributed by atoms with van der Waals surface area (Å²) < 4.78 is 10.9. The molecule has 1 saturated heterocycles. The van der Waals surface area contributed by atoms with Gasteiger partial charge in [0.15, 0.2) is 11.8 Å². The Kier molecular flexibility index (Phi) is 8.36. The first kappa shape index (κ1) is 25.0. The van der Waals surface area contributed by atoms with E-state index < -0.39 is 0 Å². The fraction of sp³-hybridized carbons (Fsp3) is 0.321. The number of anilines is 2. The summed E-state index contributed by atoms with van der Waals surface area (Å²) in [7, 11) is 3.54. The molecule has 3 aromatic rings. The summed E-state index contributed by atoms with van der Waals surface area (Å²) in [5.41, 5.74) is 5.67. The highest BCUT2D eigenvalue weighted by molar-refractivity contribution is 5.95. The summed E-state index contributed by atoms with van der Waals surface area (Å²) in [6.07, 6.45) is 3.03. The highest BCUT2D eigenvalue weighted by Gasteiger charge is 2.16. The lowest BCUT2D eigenvalue weighted by Gasteiger charge is -2.22. The highest BCUT2D eigenvalue weighted by atomic mass is 16.8. The summed E-state index contributed by atoms with van der Waals surface area (Å²) in [5, 5.41) is 0.947. The maximum atomic E-state index is 12.1. The number of hydrogen-bond donors (Lipinski definition) is 1. The Morgan fingerprint density at radius 2 is 2.14 bits per heavy atom. The van der Waals surface area contributed by atoms with Gasteiger partial charge in [0.05, 0.1) is 12.7 Å². The standard InChI is InChI=1S/C28H28N4O4/c1-29-26-19-24(22-11-5-6-12-23(22)30-26)32(2)21-15-16-25(34-3)20(18-21)10-4-7-13-27(33)31-36-28-14-8-9-17-35-28/h5-6,11-12,15-16,18-19,28H,7-9,13-14,17H2,2-3H3,(H,31,33). The molecule has 36 heavy (non-hydrogen) atoms. The Balaban J connectivity index is 1.46. The Bertz CT molecular complexity index is 1330. The largest absolute Gasteiger partial charge is 0.495 e. The van der Waals surface area contributed by atoms with Gasteiger partial charge >= 0.3 is 0 Å². The molecule has 2 heterocycles. The van der Waals surface area contributed by atoms with Crippen LogP contribution in [0.2, 0.25) is 0 Å². The topological polar surface area (TPSA) is 77.3 Å². The summed E-state index contributed by atoms with van der Waals surface area (Å²) in [6.45, 7) is 8.07. The summed E-state index contributed by atoms with van der Waals surface area (Å²) in [6, 6.07) is 15.3. The molecular weight excluding hydrogens is 456 g/mol. The first-order valence-electron chi connectivity index (χ1n) is 11.8. The van der Waals surface area contributed by atoms with E-state index in [4.69, 9.17) is 20.9 Å². The molecule has 0 saturated carbocycles. The van der Waals surface area contributed by atoms with Crippen LogP contribution < -0.4 is 15.1 Å². The maximum Gasteiger partial charge on any atom is 0.272 e. The molecule has 184 valence electrons. The quantitative estimate of drug-likeness (QED) is 0.280. The fourth-order valence-electron chi connectivity index (χ4n) is 3.94. The zero-order valence-electron chi connectivity index (χ0n) is 20.4. The first-order valence-corrected chi connectivity index (χ1v) is 11.8. The van der Waals surface area contributed by atoms with Gasteiger partial charge in [-0.1, -0.05) is 30.5 Å². The monoisotopic (exact) mass is 484 g/mol. The number of carbonyl (C=O) groups excluding carboxylic acids is 1. The molecule has 1 N–H and O–H groups in total. The number of nitrogens with one attached hydrogen (secondary N) is 1. The highest BCUT2D eigenvalue weighted by Crippen LogP contribution is 2.35. The number of hydrogen-bond acceptors (Lipinski definition) is 6. The van der Waals surface area contributed by atoms with Gasteiger partial charge in [-0.3, -0.25) is 4.79 Å². The molecule has 0 bridgehead atoms. The van der Waals surface area contributed by atoms with Crippen molar-refractivity contribution < 1.29 is 19.1 Å². The molecule has 1 aliphatic heterocycles. The Morgan fingerprint density at radius 3 is 2.92 bits per heavy atom. The number of benzene rings is 2. The van der Waals surface area contributed by atoms with Gasteiger partial charge in [-0.05, 0) is 49.2 Å². The van der Waals surface area contributed by atoms with E-state index in [2.05, 4.69) is 27.1 Å². The number of carbonyl (C=O) groups is 1. The van der Waals surface area contributed by atoms with Crippen molar-refractivity contribution in [1.82, 2.24) is 10.5 Å². The lowest BCUT2D eigenvalue weighted by molar-refractivity contribution is -0.200. The van der Waals surface area contributed by atoms with Crippen molar-refractivity contribution in [3.05, 3.63) is 65.5 Å². The van der Waals surface area contributed by atoms with Crippen molar-refractivity contribution in [1.29, 1.82) is 0 Å². The second-order valence-electron chi connectivity index (χ2n) is 8.31. The van der Waals surface area contributed by atoms with E-state index in [-0.39, 0.29) is 18.6 Å². The molecule has 1 unspecified atom stereocenters. The lowest BCUT2D eigenvalue weighted by atomic mass is 10.1. The van der Waals surface area contributed by atoms with Crippen LogP contribution in [0.4, 0.5) is 17.2 Å². The molecule has 8 heteroatoms. The number of rotatable bonds is 7. The second-order valence-corrected chi connectivity index (χ2v) is 8.31. The molecule has 8 nitrogen and oxygen atoms in total. The van der Waals surface area contributed by atoms with Crippen molar-refractivity contribution in [3.63, 3.8) is 0 Å². The molecule has 0 radical (unpaired) electrons. The number of nitrogens with zero attached hydrogens (tertiary/aromatic N) is 3. The minimum atomic E-state index is -0.374. The van der Waals surface area contributed by atoms with Crippen LogP contribution in [0.3, 0.4) is 0 Å². The van der Waals surface area contributed by atoms with Gasteiger partial charge in [0.25, 0.3) is 5.82 Å². The predicted octanol–water partition coefficient (Wildman–Crippen LogP) is 5.27. The van der Waals surface area contributed by atoms with Crippen LogP contribution in [0.25, 0.3) is 15.7 Å². The zero-order valence-corrected chi connectivity index (χ0v) is 20.4. The van der Waals surface area contributed by atoms with Crippen LogP contribution in [0, 0.1) is 18.4 Å². The molecule has 1 aromatic heterocycles.